The maximum absolute atomic E-state index is 12.8. The van der Waals surface area contributed by atoms with Crippen molar-refractivity contribution in [3.63, 3.8) is 0 Å². The van der Waals surface area contributed by atoms with Gasteiger partial charge in [-0.15, -0.1) is 0 Å². The highest BCUT2D eigenvalue weighted by atomic mass is 19.2. The van der Waals surface area contributed by atoms with Gasteiger partial charge >= 0.3 is 5.97 Å². The summed E-state index contributed by atoms with van der Waals surface area (Å²) in [6.45, 7) is 3.52. The van der Waals surface area contributed by atoms with Gasteiger partial charge in [-0.3, -0.25) is 4.79 Å². The van der Waals surface area contributed by atoms with Gasteiger partial charge in [-0.25, -0.2) is 8.78 Å². The molecule has 0 fully saturated rings. The van der Waals surface area contributed by atoms with E-state index in [2.05, 4.69) is 0 Å². The molecule has 0 unspecified atom stereocenters. The summed E-state index contributed by atoms with van der Waals surface area (Å²) in [5.74, 6) is -2.11. The van der Waals surface area contributed by atoms with E-state index in [0.29, 0.717) is 12.0 Å². The number of benzene rings is 1. The number of carbonyl (C=O) groups is 1. The van der Waals surface area contributed by atoms with Crippen LogP contribution in [-0.2, 0) is 16.0 Å². The molecule has 0 N–H and O–H groups in total. The van der Waals surface area contributed by atoms with Gasteiger partial charge in [-0.2, -0.15) is 0 Å². The third-order valence-electron chi connectivity index (χ3n) is 1.97. The molecule has 16 heavy (non-hydrogen) atoms. The van der Waals surface area contributed by atoms with Gasteiger partial charge in [0, 0.05) is 6.42 Å². The zero-order valence-corrected chi connectivity index (χ0v) is 9.30. The van der Waals surface area contributed by atoms with Crippen LogP contribution in [0.25, 0.3) is 0 Å². The highest BCUT2D eigenvalue weighted by Crippen LogP contribution is 2.10. The van der Waals surface area contributed by atoms with Crippen molar-refractivity contribution in [2.24, 2.45) is 0 Å². The number of carbonyl (C=O) groups excluding carboxylic acids is 1. The van der Waals surface area contributed by atoms with Crippen molar-refractivity contribution in [2.75, 3.05) is 0 Å². The highest BCUT2D eigenvalue weighted by Gasteiger charge is 2.07. The zero-order valence-electron chi connectivity index (χ0n) is 9.30. The second kappa shape index (κ2) is 5.58. The third-order valence-corrected chi connectivity index (χ3v) is 1.97. The molecule has 0 atom stereocenters. The summed E-state index contributed by atoms with van der Waals surface area (Å²) in [6, 6.07) is 3.61. The predicted octanol–water partition coefficient (Wildman–Crippen LogP) is 2.85. The molecule has 0 saturated heterocycles. The molecule has 1 aromatic carbocycles. The Kier molecular flexibility index (Phi) is 4.40. The van der Waals surface area contributed by atoms with Crippen LogP contribution in [0.2, 0.25) is 0 Å². The molecule has 0 aromatic heterocycles. The highest BCUT2D eigenvalue weighted by molar-refractivity contribution is 5.69. The summed E-state index contributed by atoms with van der Waals surface area (Å²) < 4.78 is 30.3. The second-order valence-corrected chi connectivity index (χ2v) is 3.79. The molecule has 0 aliphatic heterocycles. The maximum atomic E-state index is 12.8. The Morgan fingerprint density at radius 2 is 2.00 bits per heavy atom. The van der Waals surface area contributed by atoms with E-state index in [1.807, 2.05) is 0 Å². The summed E-state index contributed by atoms with van der Waals surface area (Å²) in [7, 11) is 0. The third kappa shape index (κ3) is 3.96. The monoisotopic (exact) mass is 228 g/mol. The van der Waals surface area contributed by atoms with Crippen molar-refractivity contribution in [2.45, 2.75) is 32.8 Å². The van der Waals surface area contributed by atoms with Crippen LogP contribution in [-0.4, -0.2) is 12.1 Å². The van der Waals surface area contributed by atoms with Crippen molar-refractivity contribution >= 4 is 5.97 Å². The van der Waals surface area contributed by atoms with Crippen molar-refractivity contribution in [3.05, 3.63) is 35.4 Å². The van der Waals surface area contributed by atoms with Crippen LogP contribution in [0.4, 0.5) is 8.78 Å². The molecule has 2 nitrogen and oxygen atoms in total. The Morgan fingerprint density at radius 1 is 1.31 bits per heavy atom. The number of hydrogen-bond donors (Lipinski definition) is 0. The molecule has 1 aromatic rings. The average Bonchev–Trinajstić information content (AvgIpc) is 2.19. The van der Waals surface area contributed by atoms with Crippen LogP contribution < -0.4 is 0 Å². The van der Waals surface area contributed by atoms with Crippen LogP contribution in [0.5, 0.6) is 0 Å². The van der Waals surface area contributed by atoms with Crippen LogP contribution in [0.1, 0.15) is 25.8 Å². The Hall–Kier alpha value is -1.45. The van der Waals surface area contributed by atoms with Gasteiger partial charge < -0.3 is 4.74 Å². The van der Waals surface area contributed by atoms with E-state index < -0.39 is 11.6 Å². The molecule has 1 rings (SSSR count). The first-order valence-corrected chi connectivity index (χ1v) is 5.12. The molecule has 0 bridgehead atoms. The zero-order chi connectivity index (χ0) is 12.1. The lowest BCUT2D eigenvalue weighted by Gasteiger charge is -2.07. The Bertz CT molecular complexity index is 375. The Balaban J connectivity index is 2.48. The lowest BCUT2D eigenvalue weighted by Crippen LogP contribution is -2.11. The number of aryl methyl sites for hydroxylation is 1. The second-order valence-electron chi connectivity index (χ2n) is 3.79. The topological polar surface area (TPSA) is 26.3 Å². The summed E-state index contributed by atoms with van der Waals surface area (Å²) in [5, 5.41) is 0. The fraction of sp³-hybridized carbons (Fsp3) is 0.417. The van der Waals surface area contributed by atoms with Crippen molar-refractivity contribution in [1.82, 2.24) is 0 Å². The van der Waals surface area contributed by atoms with E-state index >= 15 is 0 Å². The molecule has 0 amide bonds. The SMILES string of the molecule is CC(C)OC(=O)CCc1ccc(F)c(F)c1. The van der Waals surface area contributed by atoms with Crippen LogP contribution in [0, 0.1) is 11.6 Å². The summed E-state index contributed by atoms with van der Waals surface area (Å²) in [5.41, 5.74) is 0.583. The van der Waals surface area contributed by atoms with Gasteiger partial charge in [0.15, 0.2) is 11.6 Å². The molecular weight excluding hydrogens is 214 g/mol. The van der Waals surface area contributed by atoms with Gasteiger partial charge in [0.1, 0.15) is 0 Å². The summed E-state index contributed by atoms with van der Waals surface area (Å²) in [6.07, 6.45) is 0.365. The van der Waals surface area contributed by atoms with E-state index in [4.69, 9.17) is 4.74 Å². The Labute approximate surface area is 93.2 Å². The minimum absolute atomic E-state index is 0.155. The fourth-order valence-electron chi connectivity index (χ4n) is 1.26. The smallest absolute Gasteiger partial charge is 0.306 e. The molecule has 0 heterocycles. The Morgan fingerprint density at radius 3 is 2.56 bits per heavy atom. The van der Waals surface area contributed by atoms with Crippen molar-refractivity contribution in [3.8, 4) is 0 Å². The van der Waals surface area contributed by atoms with E-state index in [1.165, 1.54) is 6.07 Å². The standard InChI is InChI=1S/C12H14F2O2/c1-8(2)16-12(15)6-4-9-3-5-10(13)11(14)7-9/h3,5,7-8H,4,6H2,1-2H3. The molecule has 0 aliphatic carbocycles. The van der Waals surface area contributed by atoms with Crippen LogP contribution in [0.3, 0.4) is 0 Å². The quantitative estimate of drug-likeness (QED) is 0.741. The van der Waals surface area contributed by atoms with Crippen molar-refractivity contribution in [1.29, 1.82) is 0 Å². The largest absolute Gasteiger partial charge is 0.463 e. The van der Waals surface area contributed by atoms with Crippen LogP contribution >= 0.6 is 0 Å². The van der Waals surface area contributed by atoms with Crippen molar-refractivity contribution < 1.29 is 18.3 Å². The van der Waals surface area contributed by atoms with E-state index in [9.17, 15) is 13.6 Å². The first-order valence-electron chi connectivity index (χ1n) is 5.12. The minimum Gasteiger partial charge on any atom is -0.463 e. The van der Waals surface area contributed by atoms with E-state index in [1.54, 1.807) is 13.8 Å². The number of rotatable bonds is 4. The normalized spacial score (nSPS) is 10.6. The van der Waals surface area contributed by atoms with E-state index in [-0.39, 0.29) is 18.5 Å². The fourth-order valence-corrected chi connectivity index (χ4v) is 1.26. The molecule has 0 saturated carbocycles. The van der Waals surface area contributed by atoms with E-state index in [0.717, 1.165) is 12.1 Å². The molecule has 0 radical (unpaired) electrons. The van der Waals surface area contributed by atoms with Gasteiger partial charge in [-0.1, -0.05) is 6.07 Å². The predicted molar refractivity (Wildman–Crippen MR) is 55.9 cm³/mol. The van der Waals surface area contributed by atoms with Gasteiger partial charge in [0.05, 0.1) is 6.10 Å². The van der Waals surface area contributed by atoms with Gasteiger partial charge in [0.2, 0.25) is 0 Å². The molecule has 88 valence electrons. The number of hydrogen-bond acceptors (Lipinski definition) is 2. The lowest BCUT2D eigenvalue weighted by atomic mass is 10.1. The summed E-state index contributed by atoms with van der Waals surface area (Å²) >= 11 is 0. The molecule has 4 heteroatoms. The number of ether oxygens (including phenoxy) is 1. The maximum Gasteiger partial charge on any atom is 0.306 e. The molecular formula is C12H14F2O2. The molecule has 0 spiro atoms. The number of halogens is 2. The minimum atomic E-state index is -0.894. The lowest BCUT2D eigenvalue weighted by molar-refractivity contribution is -0.147. The number of esters is 1. The van der Waals surface area contributed by atoms with Gasteiger partial charge in [-0.05, 0) is 38.0 Å². The average molecular weight is 228 g/mol. The van der Waals surface area contributed by atoms with Crippen LogP contribution in [0.15, 0.2) is 18.2 Å². The van der Waals surface area contributed by atoms with Gasteiger partial charge in [0.25, 0.3) is 0 Å². The first-order chi connectivity index (χ1) is 7.49. The molecule has 0 aliphatic rings. The first kappa shape index (κ1) is 12.6. The summed E-state index contributed by atoms with van der Waals surface area (Å²) in [4.78, 5) is 11.2.